The van der Waals surface area contributed by atoms with Gasteiger partial charge in [-0.25, -0.2) is 0 Å². The third kappa shape index (κ3) is 19.7. The van der Waals surface area contributed by atoms with E-state index in [-0.39, 0.29) is 55.9 Å². The van der Waals surface area contributed by atoms with Gasteiger partial charge in [-0.1, -0.05) is 86.6 Å². The van der Waals surface area contributed by atoms with Gasteiger partial charge in [-0.15, -0.1) is 0 Å². The lowest BCUT2D eigenvalue weighted by Gasteiger charge is -2.31. The van der Waals surface area contributed by atoms with E-state index in [1.54, 1.807) is 26.0 Å². The molecule has 70 heavy (non-hydrogen) atoms. The highest BCUT2D eigenvalue weighted by molar-refractivity contribution is 8.76. The van der Waals surface area contributed by atoms with E-state index >= 15 is 0 Å². The van der Waals surface area contributed by atoms with Gasteiger partial charge in [-0.3, -0.25) is 52.7 Å². The maximum absolute atomic E-state index is 14.5. The number of nitrogens with zero attached hydrogens (tertiary/aromatic N) is 1. The molecule has 0 aromatic heterocycles. The van der Waals surface area contributed by atoms with Crippen LogP contribution in [0, 0.1) is 5.92 Å². The van der Waals surface area contributed by atoms with Crippen molar-refractivity contribution < 1.29 is 57.8 Å². The Balaban J connectivity index is 2.01. The van der Waals surface area contributed by atoms with Gasteiger partial charge in [-0.05, 0) is 49.3 Å². The summed E-state index contributed by atoms with van der Waals surface area (Å²) >= 11 is 0. The Hall–Kier alpha value is -6.11. The van der Waals surface area contributed by atoms with Gasteiger partial charge in [0.15, 0.2) is 0 Å². The fourth-order valence-electron chi connectivity index (χ4n) is 7.67. The molecule has 2 aliphatic heterocycles. The first-order valence-electron chi connectivity index (χ1n) is 23.5. The van der Waals surface area contributed by atoms with Crippen LogP contribution in [0.3, 0.4) is 0 Å². The summed E-state index contributed by atoms with van der Waals surface area (Å²) in [7, 11) is 2.25. The van der Waals surface area contributed by atoms with Crippen LogP contribution in [0.2, 0.25) is 0 Å². The first kappa shape index (κ1) is 58.2. The molecule has 2 saturated heterocycles. The third-order valence-corrected chi connectivity index (χ3v) is 14.2. The van der Waals surface area contributed by atoms with Gasteiger partial charge in [0.1, 0.15) is 48.0 Å². The van der Waals surface area contributed by atoms with Crippen molar-refractivity contribution in [3.63, 3.8) is 0 Å². The highest BCUT2D eigenvalue weighted by Crippen LogP contribution is 2.26. The number of unbranched alkanes of at least 4 members (excludes halogenated alkanes) is 3. The van der Waals surface area contributed by atoms with Gasteiger partial charge in [0.05, 0.1) is 13.0 Å². The molecule has 388 valence electrons. The molecular weight excluding hydrogens is 951 g/mol. The van der Waals surface area contributed by atoms with Crippen LogP contribution in [0.15, 0.2) is 24.3 Å². The van der Waals surface area contributed by atoms with Gasteiger partial charge < -0.3 is 64.4 Å². The zero-order valence-electron chi connectivity index (χ0n) is 39.9. The van der Waals surface area contributed by atoms with E-state index in [9.17, 15) is 57.8 Å². The average molecular weight is 1020 g/mol. The molecule has 1 aromatic rings. The van der Waals surface area contributed by atoms with E-state index in [1.165, 1.54) is 17.0 Å². The van der Waals surface area contributed by atoms with E-state index in [1.807, 2.05) is 6.92 Å². The van der Waals surface area contributed by atoms with Crippen molar-refractivity contribution in [2.24, 2.45) is 23.1 Å². The summed E-state index contributed by atoms with van der Waals surface area (Å²) in [6, 6.07) is -3.38. The molecule has 0 aliphatic carbocycles. The molecule has 3 rings (SSSR count). The van der Waals surface area contributed by atoms with Crippen molar-refractivity contribution in [2.45, 2.75) is 147 Å². The number of amides is 11. The molecule has 8 atom stereocenters. The Morgan fingerprint density at radius 2 is 1.47 bits per heavy atom. The molecule has 2 fully saturated rings. The van der Waals surface area contributed by atoms with Crippen LogP contribution in [-0.2, 0) is 59.2 Å². The molecule has 2 heterocycles. The Labute approximate surface area is 414 Å². The summed E-state index contributed by atoms with van der Waals surface area (Å²) in [6.07, 6.45) is 2.61. The summed E-state index contributed by atoms with van der Waals surface area (Å²) in [5.41, 5.74) is 16.7. The predicted octanol–water partition coefficient (Wildman–Crippen LogP) is -1.62. The number of nitrogens with one attached hydrogen (secondary N) is 7. The van der Waals surface area contributed by atoms with E-state index in [4.69, 9.17) is 17.2 Å². The Bertz CT molecular complexity index is 2030. The largest absolute Gasteiger partial charge is 0.508 e. The molecule has 0 bridgehead atoms. The van der Waals surface area contributed by atoms with Crippen LogP contribution in [-0.4, -0.2) is 142 Å². The molecule has 0 unspecified atom stereocenters. The number of hydrogen-bond donors (Lipinski definition) is 11. The van der Waals surface area contributed by atoms with Crippen molar-refractivity contribution in [3.8, 4) is 5.75 Å². The molecule has 0 spiro atoms. The standard InChI is InChI=1S/C45H69N11O12S2/c1-4-6-7-8-10-28(39(62)49-23-36(48)60)51-43(66)33-11-9-19-56(33)45(68)32-24-70-69-20-18-37(61)50-30(21-26-12-14-27(57)15-13-26)42(65)55-38(25(3)5-2)44(67)52-29(16-17-34(46)58)40(63)53-31(22-35(47)59)41(64)54-32/h12-15,25,28-33,38,57H,4-11,16-24H2,1-3H3,(H2,46,58)(H2,47,59)(H2,48,60)(H,49,62)(H,50,61)(H,51,66)(H,52,67)(H,53,63)(H,54,64)(H,55,65)/t25-,28-,29-,30-,31-,32-,33-,38-/m0/s1. The first-order chi connectivity index (χ1) is 33.2. The van der Waals surface area contributed by atoms with Crippen molar-refractivity contribution in [3.05, 3.63) is 29.8 Å². The van der Waals surface area contributed by atoms with Crippen molar-refractivity contribution >= 4 is 86.6 Å². The van der Waals surface area contributed by atoms with Gasteiger partial charge in [-0.2, -0.15) is 0 Å². The highest BCUT2D eigenvalue weighted by atomic mass is 33.1. The van der Waals surface area contributed by atoms with E-state index in [0.717, 1.165) is 40.9 Å². The number of primary amides is 3. The quantitative estimate of drug-likeness (QED) is 0.0517. The van der Waals surface area contributed by atoms with Crippen LogP contribution in [0.4, 0.5) is 0 Å². The molecule has 11 amide bonds. The van der Waals surface area contributed by atoms with Crippen LogP contribution in [0.5, 0.6) is 5.75 Å². The lowest BCUT2D eigenvalue weighted by Crippen LogP contribution is -2.61. The number of carbonyl (C=O) groups excluding carboxylic acids is 11. The van der Waals surface area contributed by atoms with E-state index < -0.39 is 133 Å². The van der Waals surface area contributed by atoms with E-state index in [2.05, 4.69) is 37.2 Å². The normalized spacial score (nSPS) is 23.0. The fourth-order valence-corrected chi connectivity index (χ4v) is 9.81. The number of phenols is 1. The van der Waals surface area contributed by atoms with Crippen molar-refractivity contribution in [1.29, 1.82) is 0 Å². The number of carbonyl (C=O) groups is 11. The lowest BCUT2D eigenvalue weighted by molar-refractivity contribution is -0.142. The number of nitrogens with two attached hydrogens (primary N) is 3. The van der Waals surface area contributed by atoms with Crippen LogP contribution in [0.1, 0.15) is 103 Å². The number of aromatic hydroxyl groups is 1. The second-order valence-electron chi connectivity index (χ2n) is 17.4. The van der Waals surface area contributed by atoms with Gasteiger partial charge in [0.25, 0.3) is 0 Å². The summed E-state index contributed by atoms with van der Waals surface area (Å²) in [5.74, 6) is -9.42. The molecule has 0 saturated carbocycles. The minimum absolute atomic E-state index is 0.0242. The molecule has 23 nitrogen and oxygen atoms in total. The fraction of sp³-hybridized carbons (Fsp3) is 0.622. The number of benzene rings is 1. The lowest BCUT2D eigenvalue weighted by atomic mass is 9.96. The summed E-state index contributed by atoms with van der Waals surface area (Å²) in [6.45, 7) is 5.07. The summed E-state index contributed by atoms with van der Waals surface area (Å²) in [4.78, 5) is 148. The zero-order chi connectivity index (χ0) is 51.9. The molecular formula is C45H69N11O12S2. The van der Waals surface area contributed by atoms with Gasteiger partial charge >= 0.3 is 0 Å². The van der Waals surface area contributed by atoms with Gasteiger partial charge in [0, 0.05) is 37.3 Å². The average Bonchev–Trinajstić information content (AvgIpc) is 3.81. The monoisotopic (exact) mass is 1020 g/mol. The van der Waals surface area contributed by atoms with Crippen molar-refractivity contribution in [1.82, 2.24) is 42.1 Å². The van der Waals surface area contributed by atoms with Crippen LogP contribution < -0.4 is 54.4 Å². The summed E-state index contributed by atoms with van der Waals surface area (Å²) in [5, 5.41) is 28.0. The number of likely N-dealkylation sites (tertiary alicyclic amines) is 1. The van der Waals surface area contributed by atoms with E-state index in [0.29, 0.717) is 24.8 Å². The Kier molecular flexibility index (Phi) is 24.8. The minimum Gasteiger partial charge on any atom is -0.508 e. The predicted molar refractivity (Wildman–Crippen MR) is 260 cm³/mol. The molecule has 1 aromatic carbocycles. The molecule has 25 heteroatoms. The maximum Gasteiger partial charge on any atom is 0.246 e. The minimum atomic E-state index is -1.73. The van der Waals surface area contributed by atoms with Crippen molar-refractivity contribution in [2.75, 3.05) is 24.6 Å². The maximum atomic E-state index is 14.5. The molecule has 0 radical (unpaired) electrons. The number of phenolic OH excluding ortho intramolecular Hbond substituents is 1. The molecule has 14 N–H and O–H groups in total. The Morgan fingerprint density at radius 1 is 0.800 bits per heavy atom. The van der Waals surface area contributed by atoms with Crippen LogP contribution >= 0.6 is 21.6 Å². The second kappa shape index (κ2) is 29.8. The topological polar surface area (TPSA) is 374 Å². The van der Waals surface area contributed by atoms with Gasteiger partial charge in [0.2, 0.25) is 65.0 Å². The highest BCUT2D eigenvalue weighted by Gasteiger charge is 2.40. The third-order valence-electron chi connectivity index (χ3n) is 11.8. The SMILES string of the molecule is CCCCCC[C@H](NC(=O)[C@@H]1CCCN1C(=O)[C@@H]1CSSCCC(=O)N[C@@H](Cc2ccc(O)cc2)C(=O)N[C@@H]([C@@H](C)CC)C(=O)N[C@@H](CCC(N)=O)C(=O)N[C@@H](CC(N)=O)C(=O)N1)C(=O)NCC(N)=O. The molecule has 2 aliphatic rings. The first-order valence-corrected chi connectivity index (χ1v) is 26.0. The number of hydrogen-bond acceptors (Lipinski definition) is 14. The zero-order valence-corrected chi connectivity index (χ0v) is 41.5. The number of rotatable bonds is 20. The Morgan fingerprint density at radius 3 is 2.11 bits per heavy atom. The summed E-state index contributed by atoms with van der Waals surface area (Å²) < 4.78 is 0. The second-order valence-corrected chi connectivity index (χ2v) is 20.0. The van der Waals surface area contributed by atoms with Crippen LogP contribution in [0.25, 0.3) is 0 Å². The smallest absolute Gasteiger partial charge is 0.246 e.